The van der Waals surface area contributed by atoms with Crippen molar-refractivity contribution in [2.24, 2.45) is 5.92 Å². The zero-order valence-electron chi connectivity index (χ0n) is 14.3. The lowest BCUT2D eigenvalue weighted by Gasteiger charge is -2.32. The first kappa shape index (κ1) is 17.1. The molecule has 0 radical (unpaired) electrons. The first-order chi connectivity index (χ1) is 11.8. The fraction of sp³-hybridized carbons (Fsp3) is 0.429. The van der Waals surface area contributed by atoms with E-state index in [-0.39, 0.29) is 5.82 Å². The normalized spacial score (nSPS) is 16.4. The highest BCUT2D eigenvalue weighted by molar-refractivity contribution is 5.16. The van der Waals surface area contributed by atoms with E-state index in [1.54, 1.807) is 0 Å². The molecule has 1 aliphatic rings. The number of likely N-dealkylation sites (tertiary alicyclic amines) is 1. The lowest BCUT2D eigenvalue weighted by Crippen LogP contribution is -2.37. The second-order valence-corrected chi connectivity index (χ2v) is 6.79. The number of hydrogen-bond donors (Lipinski definition) is 1. The summed E-state index contributed by atoms with van der Waals surface area (Å²) >= 11 is 0. The first-order valence-corrected chi connectivity index (χ1v) is 9.01. The van der Waals surface area contributed by atoms with Crippen molar-refractivity contribution in [1.29, 1.82) is 0 Å². The Morgan fingerprint density at radius 1 is 0.917 bits per heavy atom. The number of rotatable bonds is 7. The zero-order chi connectivity index (χ0) is 16.6. The Bertz CT molecular complexity index is 589. The second kappa shape index (κ2) is 8.95. The smallest absolute Gasteiger partial charge is 0.123 e. The predicted octanol–water partition coefficient (Wildman–Crippen LogP) is 3.87. The third-order valence-electron chi connectivity index (χ3n) is 4.89. The molecule has 1 fully saturated rings. The molecule has 128 valence electrons. The van der Waals surface area contributed by atoms with Crippen molar-refractivity contribution in [3.8, 4) is 0 Å². The predicted molar refractivity (Wildman–Crippen MR) is 97.4 cm³/mol. The van der Waals surface area contributed by atoms with E-state index >= 15 is 0 Å². The summed E-state index contributed by atoms with van der Waals surface area (Å²) < 4.78 is 12.9. The highest BCUT2D eigenvalue weighted by atomic mass is 19.1. The minimum atomic E-state index is -0.158. The monoisotopic (exact) mass is 326 g/mol. The van der Waals surface area contributed by atoms with E-state index in [1.807, 2.05) is 12.1 Å². The minimum Gasteiger partial charge on any atom is -0.316 e. The molecule has 1 N–H and O–H groups in total. The largest absolute Gasteiger partial charge is 0.316 e. The van der Waals surface area contributed by atoms with E-state index in [1.165, 1.54) is 49.2 Å². The van der Waals surface area contributed by atoms with Crippen LogP contribution in [0, 0.1) is 11.7 Å². The van der Waals surface area contributed by atoms with Crippen LogP contribution in [0.2, 0.25) is 0 Å². The molecule has 1 heterocycles. The van der Waals surface area contributed by atoms with E-state index in [9.17, 15) is 4.39 Å². The summed E-state index contributed by atoms with van der Waals surface area (Å²) in [5, 5.41) is 3.57. The lowest BCUT2D eigenvalue weighted by molar-refractivity contribution is 0.175. The molecule has 0 unspecified atom stereocenters. The Morgan fingerprint density at radius 2 is 1.62 bits per heavy atom. The quantitative estimate of drug-likeness (QED) is 0.777. The Morgan fingerprint density at radius 3 is 2.33 bits per heavy atom. The maximum absolute atomic E-state index is 12.9. The van der Waals surface area contributed by atoms with E-state index in [0.717, 1.165) is 32.0 Å². The molecule has 3 rings (SSSR count). The Balaban J connectivity index is 1.30. The van der Waals surface area contributed by atoms with Crippen LogP contribution in [0.1, 0.15) is 24.0 Å². The molecule has 0 atom stereocenters. The van der Waals surface area contributed by atoms with E-state index in [2.05, 4.69) is 40.5 Å². The van der Waals surface area contributed by atoms with Crippen molar-refractivity contribution in [2.45, 2.75) is 25.8 Å². The molecule has 1 saturated heterocycles. The van der Waals surface area contributed by atoms with Crippen LogP contribution in [0.4, 0.5) is 4.39 Å². The maximum Gasteiger partial charge on any atom is 0.123 e. The van der Waals surface area contributed by atoms with Gasteiger partial charge in [-0.1, -0.05) is 42.5 Å². The fourth-order valence-corrected chi connectivity index (χ4v) is 3.38. The fourth-order valence-electron chi connectivity index (χ4n) is 3.38. The summed E-state index contributed by atoms with van der Waals surface area (Å²) in [6.45, 7) is 5.53. The summed E-state index contributed by atoms with van der Waals surface area (Å²) in [4.78, 5) is 2.56. The van der Waals surface area contributed by atoms with Gasteiger partial charge < -0.3 is 5.32 Å². The van der Waals surface area contributed by atoms with Crippen LogP contribution in [-0.2, 0) is 13.0 Å². The van der Waals surface area contributed by atoms with Gasteiger partial charge in [-0.05, 0) is 74.6 Å². The van der Waals surface area contributed by atoms with Gasteiger partial charge in [0.05, 0.1) is 0 Å². The number of nitrogens with one attached hydrogen (secondary N) is 1. The number of hydrogen-bond acceptors (Lipinski definition) is 2. The van der Waals surface area contributed by atoms with Gasteiger partial charge in [-0.2, -0.15) is 0 Å². The Labute approximate surface area is 144 Å². The molecule has 2 aromatic rings. The SMILES string of the molecule is Fc1ccc(CCNCC2CCN(Cc3ccccc3)CC2)cc1. The van der Waals surface area contributed by atoms with Crippen molar-refractivity contribution >= 4 is 0 Å². The van der Waals surface area contributed by atoms with Crippen molar-refractivity contribution in [2.75, 3.05) is 26.2 Å². The minimum absolute atomic E-state index is 0.158. The molecule has 0 spiro atoms. The second-order valence-electron chi connectivity index (χ2n) is 6.79. The number of halogens is 1. The topological polar surface area (TPSA) is 15.3 Å². The molecule has 2 nitrogen and oxygen atoms in total. The summed E-state index contributed by atoms with van der Waals surface area (Å²) in [6.07, 6.45) is 3.51. The molecular weight excluding hydrogens is 299 g/mol. The van der Waals surface area contributed by atoms with Crippen LogP contribution in [0.15, 0.2) is 54.6 Å². The van der Waals surface area contributed by atoms with Crippen molar-refractivity contribution in [1.82, 2.24) is 10.2 Å². The number of piperidine rings is 1. The third-order valence-corrected chi connectivity index (χ3v) is 4.89. The van der Waals surface area contributed by atoms with Crippen molar-refractivity contribution in [3.63, 3.8) is 0 Å². The Kier molecular flexibility index (Phi) is 6.39. The molecule has 1 aliphatic heterocycles. The average Bonchev–Trinajstić information content (AvgIpc) is 2.62. The van der Waals surface area contributed by atoms with Crippen LogP contribution < -0.4 is 5.32 Å². The van der Waals surface area contributed by atoms with E-state index < -0.39 is 0 Å². The van der Waals surface area contributed by atoms with Gasteiger partial charge in [0, 0.05) is 6.54 Å². The molecule has 0 amide bonds. The summed E-state index contributed by atoms with van der Waals surface area (Å²) in [6, 6.07) is 17.6. The molecule has 0 bridgehead atoms. The van der Waals surface area contributed by atoms with Gasteiger partial charge in [0.2, 0.25) is 0 Å². The third kappa shape index (κ3) is 5.43. The highest BCUT2D eigenvalue weighted by Crippen LogP contribution is 2.18. The van der Waals surface area contributed by atoms with Crippen LogP contribution >= 0.6 is 0 Å². The summed E-state index contributed by atoms with van der Waals surface area (Å²) in [5.74, 6) is 0.624. The van der Waals surface area contributed by atoms with Crippen molar-refractivity contribution in [3.05, 3.63) is 71.5 Å². The molecular formula is C21H27FN2. The van der Waals surface area contributed by atoms with Crippen LogP contribution in [-0.4, -0.2) is 31.1 Å². The molecule has 2 aromatic carbocycles. The van der Waals surface area contributed by atoms with Crippen LogP contribution in [0.5, 0.6) is 0 Å². The zero-order valence-corrected chi connectivity index (χ0v) is 14.3. The summed E-state index contributed by atoms with van der Waals surface area (Å²) in [7, 11) is 0. The molecule has 24 heavy (non-hydrogen) atoms. The van der Waals surface area contributed by atoms with Gasteiger partial charge >= 0.3 is 0 Å². The van der Waals surface area contributed by atoms with Gasteiger partial charge in [0.1, 0.15) is 5.82 Å². The van der Waals surface area contributed by atoms with Crippen molar-refractivity contribution < 1.29 is 4.39 Å². The van der Waals surface area contributed by atoms with Gasteiger partial charge in [0.25, 0.3) is 0 Å². The van der Waals surface area contributed by atoms with E-state index in [0.29, 0.717) is 0 Å². The molecule has 3 heteroatoms. The van der Waals surface area contributed by atoms with Crippen LogP contribution in [0.25, 0.3) is 0 Å². The standard InChI is InChI=1S/C21H27FN2/c22-21-8-6-18(7-9-21)10-13-23-16-19-11-14-24(15-12-19)17-20-4-2-1-3-5-20/h1-9,19,23H,10-17H2. The molecule has 0 aromatic heterocycles. The van der Waals surface area contributed by atoms with E-state index in [4.69, 9.17) is 0 Å². The van der Waals surface area contributed by atoms with Gasteiger partial charge in [-0.3, -0.25) is 4.90 Å². The summed E-state index contributed by atoms with van der Waals surface area (Å²) in [5.41, 5.74) is 2.61. The molecule has 0 aliphatic carbocycles. The number of nitrogens with zero attached hydrogens (tertiary/aromatic N) is 1. The lowest BCUT2D eigenvalue weighted by atomic mass is 9.96. The highest BCUT2D eigenvalue weighted by Gasteiger charge is 2.18. The maximum atomic E-state index is 12.9. The average molecular weight is 326 g/mol. The number of benzene rings is 2. The first-order valence-electron chi connectivity index (χ1n) is 9.01. The molecule has 0 saturated carbocycles. The van der Waals surface area contributed by atoms with Gasteiger partial charge in [-0.25, -0.2) is 4.39 Å². The van der Waals surface area contributed by atoms with Crippen LogP contribution in [0.3, 0.4) is 0 Å². The Hall–Kier alpha value is -1.71. The van der Waals surface area contributed by atoms with Gasteiger partial charge in [0.15, 0.2) is 0 Å². The van der Waals surface area contributed by atoms with Gasteiger partial charge in [-0.15, -0.1) is 0 Å².